The van der Waals surface area contributed by atoms with Crippen molar-refractivity contribution in [2.45, 2.75) is 13.3 Å². The zero-order chi connectivity index (χ0) is 16.7. The molecule has 1 atom stereocenters. The normalized spacial score (nSPS) is 16.4. The Labute approximate surface area is 137 Å². The van der Waals surface area contributed by atoms with Crippen molar-refractivity contribution < 1.29 is 9.21 Å². The summed E-state index contributed by atoms with van der Waals surface area (Å²) >= 11 is 0. The maximum absolute atomic E-state index is 12.2. The minimum atomic E-state index is -0.386. The predicted octanol–water partition coefficient (Wildman–Crippen LogP) is 0.578. The average Bonchev–Trinajstić information content (AvgIpc) is 3.14. The lowest BCUT2D eigenvalue weighted by molar-refractivity contribution is -0.120. The molecule has 1 unspecified atom stereocenters. The molecule has 120 valence electrons. The Hall–Kier alpha value is -3.09. The number of carbonyl (C=O) groups is 1. The first-order valence-electron chi connectivity index (χ1n) is 7.62. The first-order chi connectivity index (χ1) is 11.6. The van der Waals surface area contributed by atoms with Crippen LogP contribution in [0.2, 0.25) is 0 Å². The van der Waals surface area contributed by atoms with Crippen LogP contribution in [0.4, 0.5) is 0 Å². The van der Waals surface area contributed by atoms with E-state index in [4.69, 9.17) is 4.42 Å². The molecule has 0 saturated carbocycles. The second-order valence-corrected chi connectivity index (χ2v) is 5.79. The van der Waals surface area contributed by atoms with Gasteiger partial charge in [0, 0.05) is 19.7 Å². The maximum Gasteiger partial charge on any atom is 0.253 e. The topological polar surface area (TPSA) is 86.2 Å². The smallest absolute Gasteiger partial charge is 0.253 e. The van der Waals surface area contributed by atoms with Gasteiger partial charge in [0.25, 0.3) is 11.8 Å². The molecule has 0 saturated heterocycles. The van der Waals surface area contributed by atoms with Crippen LogP contribution in [0.15, 0.2) is 39.9 Å². The van der Waals surface area contributed by atoms with Gasteiger partial charge in [-0.25, -0.2) is 4.99 Å². The number of nitrogens with zero attached hydrogens (tertiary/aromatic N) is 5. The molecule has 3 heterocycles. The Morgan fingerprint density at radius 3 is 2.88 bits per heavy atom. The van der Waals surface area contributed by atoms with Crippen LogP contribution in [-0.4, -0.2) is 25.9 Å². The Bertz CT molecular complexity index is 1050. The summed E-state index contributed by atoms with van der Waals surface area (Å²) in [5.74, 6) is 0.253. The molecule has 24 heavy (non-hydrogen) atoms. The predicted molar refractivity (Wildman–Crippen MR) is 85.1 cm³/mol. The number of hydrogen-bond acceptors (Lipinski definition) is 5. The van der Waals surface area contributed by atoms with Gasteiger partial charge in [-0.15, -0.1) is 10.2 Å². The maximum atomic E-state index is 12.2. The number of carbonyl (C=O) groups excluding carboxylic acids is 1. The van der Waals surface area contributed by atoms with E-state index in [1.807, 2.05) is 50.5 Å². The van der Waals surface area contributed by atoms with Crippen LogP contribution in [0.1, 0.15) is 11.6 Å². The fraction of sp³-hybridized carbons (Fsp3) is 0.235. The molecule has 2 aromatic heterocycles. The van der Waals surface area contributed by atoms with Crippen molar-refractivity contribution in [1.29, 1.82) is 0 Å². The standard InChI is InChI=1S/C17H15N5O2/c1-10-13(9-22(2)21-10)17-20-19-15(24-17)8-12-7-11-5-3-4-6-14(11)18-16(12)23/h3-7,9,12H,8H2,1-2H3. The molecule has 1 aliphatic rings. The van der Waals surface area contributed by atoms with E-state index in [1.165, 1.54) is 0 Å². The van der Waals surface area contributed by atoms with Crippen LogP contribution in [0.3, 0.4) is 0 Å². The Kier molecular flexibility index (Phi) is 3.34. The quantitative estimate of drug-likeness (QED) is 0.704. The van der Waals surface area contributed by atoms with Crippen molar-refractivity contribution in [3.8, 4) is 11.5 Å². The Morgan fingerprint density at radius 1 is 1.25 bits per heavy atom. The van der Waals surface area contributed by atoms with Crippen molar-refractivity contribution in [3.63, 3.8) is 0 Å². The third kappa shape index (κ3) is 2.54. The first-order valence-corrected chi connectivity index (χ1v) is 7.62. The lowest BCUT2D eigenvalue weighted by Crippen LogP contribution is -2.34. The summed E-state index contributed by atoms with van der Waals surface area (Å²) < 4.78 is 7.41. The highest BCUT2D eigenvalue weighted by molar-refractivity contribution is 5.86. The van der Waals surface area contributed by atoms with Gasteiger partial charge in [0.15, 0.2) is 0 Å². The van der Waals surface area contributed by atoms with E-state index in [-0.39, 0.29) is 11.8 Å². The van der Waals surface area contributed by atoms with Crippen LogP contribution >= 0.6 is 0 Å². The number of fused-ring (bicyclic) bond motifs is 1. The minimum Gasteiger partial charge on any atom is -0.421 e. The molecule has 1 aromatic carbocycles. The fourth-order valence-electron chi connectivity index (χ4n) is 2.81. The van der Waals surface area contributed by atoms with Crippen molar-refractivity contribution in [2.75, 3.05) is 0 Å². The van der Waals surface area contributed by atoms with E-state index in [0.717, 1.165) is 16.5 Å². The summed E-state index contributed by atoms with van der Waals surface area (Å²) in [6, 6.07) is 7.56. The van der Waals surface area contributed by atoms with Crippen LogP contribution in [0.25, 0.3) is 17.5 Å². The summed E-state index contributed by atoms with van der Waals surface area (Å²) in [4.78, 5) is 16.3. The summed E-state index contributed by atoms with van der Waals surface area (Å²) in [5.41, 5.74) is 1.61. The third-order valence-corrected chi connectivity index (χ3v) is 3.97. The fourth-order valence-corrected chi connectivity index (χ4v) is 2.81. The number of para-hydroxylation sites is 1. The lowest BCUT2D eigenvalue weighted by Gasteiger charge is -2.09. The molecule has 0 aliphatic carbocycles. The van der Waals surface area contributed by atoms with Gasteiger partial charge in [0.2, 0.25) is 5.89 Å². The van der Waals surface area contributed by atoms with Crippen LogP contribution in [0.5, 0.6) is 0 Å². The molecule has 7 nitrogen and oxygen atoms in total. The van der Waals surface area contributed by atoms with Gasteiger partial charge in [-0.2, -0.15) is 5.10 Å². The van der Waals surface area contributed by atoms with Crippen LogP contribution in [-0.2, 0) is 18.3 Å². The Balaban J connectivity index is 1.62. The molecule has 3 aromatic rings. The average molecular weight is 321 g/mol. The van der Waals surface area contributed by atoms with Crippen molar-refractivity contribution in [3.05, 3.63) is 52.6 Å². The van der Waals surface area contributed by atoms with E-state index in [0.29, 0.717) is 23.6 Å². The summed E-state index contributed by atoms with van der Waals surface area (Å²) in [5, 5.41) is 14.0. The monoisotopic (exact) mass is 321 g/mol. The summed E-state index contributed by atoms with van der Waals surface area (Å²) in [6.07, 6.45) is 4.07. The molecule has 4 rings (SSSR count). The largest absolute Gasteiger partial charge is 0.421 e. The SMILES string of the molecule is Cc1nn(C)cc1-c1nnc(CC2C=c3ccccc3=NC2=O)o1. The molecule has 7 heteroatoms. The molecule has 0 fully saturated rings. The van der Waals surface area contributed by atoms with Crippen LogP contribution in [0, 0.1) is 12.8 Å². The van der Waals surface area contributed by atoms with E-state index < -0.39 is 0 Å². The van der Waals surface area contributed by atoms with Gasteiger partial charge in [-0.05, 0) is 18.2 Å². The van der Waals surface area contributed by atoms with Gasteiger partial charge >= 0.3 is 0 Å². The number of rotatable bonds is 3. The van der Waals surface area contributed by atoms with E-state index in [2.05, 4.69) is 20.3 Å². The van der Waals surface area contributed by atoms with Gasteiger partial charge in [0.05, 0.1) is 22.5 Å². The molecule has 1 aliphatic heterocycles. The minimum absolute atomic E-state index is 0.189. The highest BCUT2D eigenvalue weighted by Crippen LogP contribution is 2.22. The van der Waals surface area contributed by atoms with E-state index in [1.54, 1.807) is 4.68 Å². The number of benzene rings is 1. The molecule has 0 radical (unpaired) electrons. The number of hydrogen-bond donors (Lipinski definition) is 0. The lowest BCUT2D eigenvalue weighted by atomic mass is 10.0. The first kappa shape index (κ1) is 14.5. The highest BCUT2D eigenvalue weighted by atomic mass is 16.4. The van der Waals surface area contributed by atoms with Crippen molar-refractivity contribution >= 4 is 12.0 Å². The molecule has 1 amide bonds. The van der Waals surface area contributed by atoms with Gasteiger partial charge in [-0.1, -0.05) is 24.3 Å². The van der Waals surface area contributed by atoms with E-state index >= 15 is 0 Å². The van der Waals surface area contributed by atoms with Gasteiger partial charge < -0.3 is 4.42 Å². The zero-order valence-electron chi connectivity index (χ0n) is 13.3. The van der Waals surface area contributed by atoms with E-state index in [9.17, 15) is 4.79 Å². The molecule has 0 spiro atoms. The highest BCUT2D eigenvalue weighted by Gasteiger charge is 2.22. The second-order valence-electron chi connectivity index (χ2n) is 5.79. The number of aromatic nitrogens is 4. The molecule has 0 bridgehead atoms. The van der Waals surface area contributed by atoms with Gasteiger partial charge in [-0.3, -0.25) is 9.48 Å². The number of aryl methyl sites for hydroxylation is 2. The third-order valence-electron chi connectivity index (χ3n) is 3.97. The molecular formula is C17H15N5O2. The van der Waals surface area contributed by atoms with Crippen molar-refractivity contribution in [2.24, 2.45) is 18.0 Å². The number of amides is 1. The second kappa shape index (κ2) is 5.52. The summed E-state index contributed by atoms with van der Waals surface area (Å²) in [7, 11) is 1.84. The zero-order valence-corrected chi connectivity index (χ0v) is 13.3. The molecule has 0 N–H and O–H groups in total. The van der Waals surface area contributed by atoms with Crippen LogP contribution < -0.4 is 10.6 Å². The van der Waals surface area contributed by atoms with Gasteiger partial charge in [0.1, 0.15) is 0 Å². The van der Waals surface area contributed by atoms with Crippen molar-refractivity contribution in [1.82, 2.24) is 20.0 Å². The molecular weight excluding hydrogens is 306 g/mol. The summed E-state index contributed by atoms with van der Waals surface area (Å²) in [6.45, 7) is 1.88. The Morgan fingerprint density at radius 2 is 2.08 bits per heavy atom.